The molecular formula is C17H22N4O2. The van der Waals surface area contributed by atoms with E-state index in [1.165, 1.54) is 0 Å². The number of benzene rings is 1. The van der Waals surface area contributed by atoms with Gasteiger partial charge in [0.25, 0.3) is 0 Å². The molecule has 0 saturated carbocycles. The molecule has 6 heteroatoms. The smallest absolute Gasteiger partial charge is 0.230 e. The SMILES string of the molecule is CC1CCC(C(N)=O)CN1Cc1nnc(Cc2ccccc2)o1. The minimum atomic E-state index is -0.225. The zero-order valence-corrected chi connectivity index (χ0v) is 13.3. The second-order valence-electron chi connectivity index (χ2n) is 6.21. The van der Waals surface area contributed by atoms with Crippen LogP contribution in [0.15, 0.2) is 34.7 Å². The number of piperidine rings is 1. The second-order valence-corrected chi connectivity index (χ2v) is 6.21. The average Bonchev–Trinajstić information content (AvgIpc) is 2.97. The Balaban J connectivity index is 1.63. The van der Waals surface area contributed by atoms with E-state index >= 15 is 0 Å². The normalized spacial score (nSPS) is 22.1. The van der Waals surface area contributed by atoms with Crippen LogP contribution in [0.3, 0.4) is 0 Å². The lowest BCUT2D eigenvalue weighted by atomic mass is 9.93. The van der Waals surface area contributed by atoms with Gasteiger partial charge < -0.3 is 10.2 Å². The summed E-state index contributed by atoms with van der Waals surface area (Å²) in [4.78, 5) is 13.6. The molecule has 1 fully saturated rings. The van der Waals surface area contributed by atoms with Crippen LogP contribution in [0.1, 0.15) is 37.1 Å². The van der Waals surface area contributed by atoms with Crippen molar-refractivity contribution in [2.45, 2.75) is 38.8 Å². The van der Waals surface area contributed by atoms with Crippen LogP contribution in [0, 0.1) is 5.92 Å². The first-order chi connectivity index (χ1) is 11.1. The van der Waals surface area contributed by atoms with Crippen LogP contribution in [0.5, 0.6) is 0 Å². The van der Waals surface area contributed by atoms with Crippen LogP contribution < -0.4 is 5.73 Å². The molecule has 1 saturated heterocycles. The predicted molar refractivity (Wildman–Crippen MR) is 85.3 cm³/mol. The fourth-order valence-electron chi connectivity index (χ4n) is 3.00. The van der Waals surface area contributed by atoms with Crippen LogP contribution in [-0.2, 0) is 17.8 Å². The molecule has 1 amide bonds. The molecule has 0 aliphatic carbocycles. The third-order valence-corrected chi connectivity index (χ3v) is 4.46. The highest BCUT2D eigenvalue weighted by Crippen LogP contribution is 2.23. The quantitative estimate of drug-likeness (QED) is 0.908. The molecule has 1 aromatic carbocycles. The summed E-state index contributed by atoms with van der Waals surface area (Å²) in [7, 11) is 0. The second kappa shape index (κ2) is 6.91. The highest BCUT2D eigenvalue weighted by molar-refractivity contribution is 5.76. The summed E-state index contributed by atoms with van der Waals surface area (Å²) >= 11 is 0. The number of aromatic nitrogens is 2. The number of carbonyl (C=O) groups is 1. The van der Waals surface area contributed by atoms with Crippen molar-refractivity contribution in [1.82, 2.24) is 15.1 Å². The molecule has 2 unspecified atom stereocenters. The number of hydrogen-bond acceptors (Lipinski definition) is 5. The van der Waals surface area contributed by atoms with Gasteiger partial charge >= 0.3 is 0 Å². The Kier molecular flexibility index (Phi) is 4.71. The molecule has 1 aromatic heterocycles. The third-order valence-electron chi connectivity index (χ3n) is 4.46. The number of likely N-dealkylation sites (tertiary alicyclic amines) is 1. The van der Waals surface area contributed by atoms with Gasteiger partial charge in [0.1, 0.15) is 0 Å². The number of carbonyl (C=O) groups excluding carboxylic acids is 1. The molecule has 1 aliphatic heterocycles. The molecule has 2 N–H and O–H groups in total. The van der Waals surface area contributed by atoms with Crippen LogP contribution in [-0.4, -0.2) is 33.6 Å². The first-order valence-electron chi connectivity index (χ1n) is 8.00. The largest absolute Gasteiger partial charge is 0.424 e. The van der Waals surface area contributed by atoms with Crippen molar-refractivity contribution in [2.24, 2.45) is 11.7 Å². The van der Waals surface area contributed by atoms with Crippen molar-refractivity contribution in [1.29, 1.82) is 0 Å². The highest BCUT2D eigenvalue weighted by atomic mass is 16.4. The van der Waals surface area contributed by atoms with Gasteiger partial charge in [-0.25, -0.2) is 0 Å². The molecule has 0 radical (unpaired) electrons. The number of primary amides is 1. The highest BCUT2D eigenvalue weighted by Gasteiger charge is 2.29. The Labute approximate surface area is 135 Å². The fraction of sp³-hybridized carbons (Fsp3) is 0.471. The maximum Gasteiger partial charge on any atom is 0.230 e. The van der Waals surface area contributed by atoms with Crippen molar-refractivity contribution in [2.75, 3.05) is 6.54 Å². The topological polar surface area (TPSA) is 85.3 Å². The lowest BCUT2D eigenvalue weighted by Gasteiger charge is -2.35. The summed E-state index contributed by atoms with van der Waals surface area (Å²) in [5.74, 6) is 0.894. The van der Waals surface area contributed by atoms with Gasteiger partial charge in [-0.05, 0) is 25.3 Å². The van der Waals surface area contributed by atoms with Gasteiger partial charge in [0.05, 0.1) is 18.9 Å². The summed E-state index contributed by atoms with van der Waals surface area (Å²) < 4.78 is 5.75. The van der Waals surface area contributed by atoms with Crippen molar-refractivity contribution >= 4 is 5.91 Å². The zero-order chi connectivity index (χ0) is 16.2. The Morgan fingerprint density at radius 3 is 2.74 bits per heavy atom. The Hall–Kier alpha value is -2.21. The van der Waals surface area contributed by atoms with Crippen LogP contribution >= 0.6 is 0 Å². The number of hydrogen-bond donors (Lipinski definition) is 1. The van der Waals surface area contributed by atoms with Gasteiger partial charge in [-0.1, -0.05) is 30.3 Å². The molecule has 2 atom stereocenters. The standard InChI is InChI=1S/C17H22N4O2/c1-12-7-8-14(17(18)22)10-21(12)11-16-20-19-15(23-16)9-13-5-3-2-4-6-13/h2-6,12,14H,7-11H2,1H3,(H2,18,22). The first kappa shape index (κ1) is 15.7. The van der Waals surface area contributed by atoms with Crippen molar-refractivity contribution in [3.63, 3.8) is 0 Å². The Morgan fingerprint density at radius 2 is 2.00 bits per heavy atom. The zero-order valence-electron chi connectivity index (χ0n) is 13.3. The van der Waals surface area contributed by atoms with E-state index in [4.69, 9.17) is 10.2 Å². The summed E-state index contributed by atoms with van der Waals surface area (Å²) in [6.07, 6.45) is 2.45. The van der Waals surface area contributed by atoms with Gasteiger partial charge in [0, 0.05) is 12.6 Å². The maximum absolute atomic E-state index is 11.4. The van der Waals surface area contributed by atoms with E-state index in [0.717, 1.165) is 18.4 Å². The Morgan fingerprint density at radius 1 is 1.26 bits per heavy atom. The van der Waals surface area contributed by atoms with E-state index in [2.05, 4.69) is 22.0 Å². The molecule has 2 heterocycles. The molecule has 23 heavy (non-hydrogen) atoms. The third kappa shape index (κ3) is 3.96. The summed E-state index contributed by atoms with van der Waals surface area (Å²) in [5, 5.41) is 8.26. The molecule has 1 aliphatic rings. The molecule has 122 valence electrons. The van der Waals surface area contributed by atoms with E-state index in [-0.39, 0.29) is 11.8 Å². The van der Waals surface area contributed by atoms with Crippen LogP contribution in [0.4, 0.5) is 0 Å². The van der Waals surface area contributed by atoms with Crippen molar-refractivity contribution in [3.05, 3.63) is 47.7 Å². The first-order valence-corrected chi connectivity index (χ1v) is 8.00. The molecule has 0 bridgehead atoms. The van der Waals surface area contributed by atoms with E-state index in [9.17, 15) is 4.79 Å². The summed E-state index contributed by atoms with van der Waals surface area (Å²) in [5.41, 5.74) is 6.58. The lowest BCUT2D eigenvalue weighted by Crippen LogP contribution is -2.45. The monoisotopic (exact) mass is 314 g/mol. The molecule has 2 aromatic rings. The van der Waals surface area contributed by atoms with E-state index in [1.54, 1.807) is 0 Å². The van der Waals surface area contributed by atoms with Gasteiger partial charge in [-0.2, -0.15) is 0 Å². The predicted octanol–water partition coefficient (Wildman–Crippen LogP) is 1.75. The van der Waals surface area contributed by atoms with Crippen LogP contribution in [0.2, 0.25) is 0 Å². The molecular weight excluding hydrogens is 292 g/mol. The van der Waals surface area contributed by atoms with Gasteiger partial charge in [0.15, 0.2) is 0 Å². The van der Waals surface area contributed by atoms with Crippen molar-refractivity contribution < 1.29 is 9.21 Å². The average molecular weight is 314 g/mol. The van der Waals surface area contributed by atoms with Gasteiger partial charge in [-0.3, -0.25) is 9.69 Å². The van der Waals surface area contributed by atoms with Crippen LogP contribution in [0.25, 0.3) is 0 Å². The maximum atomic E-state index is 11.4. The van der Waals surface area contributed by atoms with E-state index < -0.39 is 0 Å². The lowest BCUT2D eigenvalue weighted by molar-refractivity contribution is -0.124. The van der Waals surface area contributed by atoms with E-state index in [0.29, 0.717) is 37.3 Å². The number of nitrogens with two attached hydrogens (primary N) is 1. The molecule has 0 spiro atoms. The van der Waals surface area contributed by atoms with Gasteiger partial charge in [-0.15, -0.1) is 10.2 Å². The fourth-order valence-corrected chi connectivity index (χ4v) is 3.00. The number of amides is 1. The van der Waals surface area contributed by atoms with Crippen molar-refractivity contribution in [3.8, 4) is 0 Å². The molecule has 3 rings (SSSR count). The summed E-state index contributed by atoms with van der Waals surface area (Å²) in [6, 6.07) is 10.4. The minimum absolute atomic E-state index is 0.0853. The Bertz CT molecular complexity index is 656. The number of rotatable bonds is 5. The van der Waals surface area contributed by atoms with Gasteiger partial charge in [0.2, 0.25) is 17.7 Å². The number of nitrogens with zero attached hydrogens (tertiary/aromatic N) is 3. The van der Waals surface area contributed by atoms with E-state index in [1.807, 2.05) is 30.3 Å². The molecule has 6 nitrogen and oxygen atoms in total. The summed E-state index contributed by atoms with van der Waals surface area (Å²) in [6.45, 7) is 3.37. The minimum Gasteiger partial charge on any atom is -0.424 e.